The van der Waals surface area contributed by atoms with E-state index in [1.165, 1.54) is 16.2 Å². The van der Waals surface area contributed by atoms with Crippen molar-refractivity contribution in [1.29, 1.82) is 0 Å². The number of rotatable bonds is 3. The molecule has 1 aliphatic heterocycles. The van der Waals surface area contributed by atoms with Gasteiger partial charge in [0, 0.05) is 5.56 Å². The number of fused-ring (bicyclic) bond motifs is 1. The Labute approximate surface area is 233 Å². The van der Waals surface area contributed by atoms with E-state index in [0.717, 1.165) is 32.5 Å². The van der Waals surface area contributed by atoms with Crippen LogP contribution in [0, 0.1) is 6.92 Å². The van der Waals surface area contributed by atoms with Gasteiger partial charge in [0.15, 0.2) is 5.13 Å². The van der Waals surface area contributed by atoms with Crippen LogP contribution in [0.1, 0.15) is 75.4 Å². The molecule has 2 heterocycles. The molecule has 1 N–H and O–H groups in total. The van der Waals surface area contributed by atoms with Gasteiger partial charge in [0.25, 0.3) is 5.78 Å². The molecule has 0 saturated carbocycles. The summed E-state index contributed by atoms with van der Waals surface area (Å²) in [6, 6.07) is 20.7. The predicted molar refractivity (Wildman–Crippen MR) is 159 cm³/mol. The minimum Gasteiger partial charge on any atom is -0.507 e. The SMILES string of the molecule is Cc1ccc(C(C)(C)C)cc1/C(O)=C1\C(=O)C(=O)N(c2nc3ccccc3s2)C1c1ccc(C(C)(C)C)cc1. The minimum absolute atomic E-state index is 0.0577. The van der Waals surface area contributed by atoms with Gasteiger partial charge in [-0.3, -0.25) is 14.5 Å². The number of ketones is 1. The maximum Gasteiger partial charge on any atom is 0.301 e. The molecule has 1 aromatic heterocycles. The number of hydrogen-bond acceptors (Lipinski definition) is 5. The lowest BCUT2D eigenvalue weighted by atomic mass is 9.84. The van der Waals surface area contributed by atoms with Crippen molar-refractivity contribution in [3.63, 3.8) is 0 Å². The second kappa shape index (κ2) is 9.45. The molecule has 1 aliphatic rings. The van der Waals surface area contributed by atoms with Crippen molar-refractivity contribution in [2.75, 3.05) is 4.90 Å². The number of para-hydroxylation sites is 1. The van der Waals surface area contributed by atoms with E-state index in [9.17, 15) is 14.7 Å². The average molecular weight is 539 g/mol. The maximum absolute atomic E-state index is 13.7. The van der Waals surface area contributed by atoms with Crippen molar-refractivity contribution in [1.82, 2.24) is 4.98 Å². The summed E-state index contributed by atoms with van der Waals surface area (Å²) in [5.74, 6) is -1.56. The molecule has 0 spiro atoms. The fourth-order valence-electron chi connectivity index (χ4n) is 4.96. The molecule has 39 heavy (non-hydrogen) atoms. The van der Waals surface area contributed by atoms with Crippen LogP contribution in [-0.2, 0) is 20.4 Å². The zero-order chi connectivity index (χ0) is 28.3. The van der Waals surface area contributed by atoms with E-state index in [1.54, 1.807) is 0 Å². The largest absolute Gasteiger partial charge is 0.507 e. The third kappa shape index (κ3) is 4.78. The quantitative estimate of drug-likeness (QED) is 0.164. The van der Waals surface area contributed by atoms with Gasteiger partial charge in [0.2, 0.25) is 0 Å². The molecule has 0 aliphatic carbocycles. The smallest absolute Gasteiger partial charge is 0.301 e. The van der Waals surface area contributed by atoms with Crippen LogP contribution in [0.2, 0.25) is 0 Å². The molecule has 200 valence electrons. The lowest BCUT2D eigenvalue weighted by molar-refractivity contribution is -0.132. The number of nitrogens with zero attached hydrogens (tertiary/aromatic N) is 2. The predicted octanol–water partition coefficient (Wildman–Crippen LogP) is 7.83. The van der Waals surface area contributed by atoms with E-state index < -0.39 is 17.7 Å². The zero-order valence-electron chi connectivity index (χ0n) is 23.5. The van der Waals surface area contributed by atoms with Crippen LogP contribution in [0.4, 0.5) is 5.13 Å². The highest BCUT2D eigenvalue weighted by Crippen LogP contribution is 2.45. The molecule has 6 heteroatoms. The van der Waals surface area contributed by atoms with Gasteiger partial charge in [-0.15, -0.1) is 0 Å². The number of anilines is 1. The van der Waals surface area contributed by atoms with E-state index in [0.29, 0.717) is 10.7 Å². The Morgan fingerprint density at radius 3 is 2.10 bits per heavy atom. The van der Waals surface area contributed by atoms with Crippen LogP contribution in [0.5, 0.6) is 0 Å². The lowest BCUT2D eigenvalue weighted by Gasteiger charge is -2.25. The van der Waals surface area contributed by atoms with Crippen molar-refractivity contribution < 1.29 is 14.7 Å². The van der Waals surface area contributed by atoms with Crippen LogP contribution in [0.15, 0.2) is 72.3 Å². The molecule has 4 aromatic rings. The Kier molecular flexibility index (Phi) is 6.50. The van der Waals surface area contributed by atoms with Crippen LogP contribution in [0.3, 0.4) is 0 Å². The number of benzene rings is 3. The van der Waals surface area contributed by atoms with Crippen LogP contribution < -0.4 is 4.90 Å². The second-order valence-corrected chi connectivity index (χ2v) is 13.3. The molecular formula is C33H34N2O3S. The Bertz CT molecular complexity index is 1600. The molecule has 5 rings (SSSR count). The van der Waals surface area contributed by atoms with Crippen LogP contribution in [0.25, 0.3) is 16.0 Å². The second-order valence-electron chi connectivity index (χ2n) is 12.3. The summed E-state index contributed by atoms with van der Waals surface area (Å²) in [4.78, 5) is 33.5. The molecule has 3 aromatic carbocycles. The van der Waals surface area contributed by atoms with Gasteiger partial charge in [0.1, 0.15) is 5.76 Å². The normalized spacial score (nSPS) is 17.8. The molecule has 1 fully saturated rings. The van der Waals surface area contributed by atoms with Crippen molar-refractivity contribution in [2.45, 2.75) is 65.3 Å². The highest BCUT2D eigenvalue weighted by molar-refractivity contribution is 7.22. The lowest BCUT2D eigenvalue weighted by Crippen LogP contribution is -2.29. The molecule has 1 unspecified atom stereocenters. The van der Waals surface area contributed by atoms with E-state index in [-0.39, 0.29) is 22.2 Å². The first kappa shape index (κ1) is 26.8. The third-order valence-electron chi connectivity index (χ3n) is 7.38. The zero-order valence-corrected chi connectivity index (χ0v) is 24.3. The van der Waals surface area contributed by atoms with Crippen molar-refractivity contribution in [3.05, 3.63) is 100 Å². The van der Waals surface area contributed by atoms with Gasteiger partial charge >= 0.3 is 5.91 Å². The molecule has 5 nitrogen and oxygen atoms in total. The van der Waals surface area contributed by atoms with Gasteiger partial charge < -0.3 is 5.11 Å². The molecule has 1 amide bonds. The molecular weight excluding hydrogens is 504 g/mol. The number of amides is 1. The number of hydrogen-bond donors (Lipinski definition) is 1. The van der Waals surface area contributed by atoms with Gasteiger partial charge in [-0.25, -0.2) is 4.98 Å². The highest BCUT2D eigenvalue weighted by Gasteiger charge is 2.48. The summed E-state index contributed by atoms with van der Waals surface area (Å²) in [5, 5.41) is 12.2. The Morgan fingerprint density at radius 2 is 1.49 bits per heavy atom. The maximum atomic E-state index is 13.7. The summed E-state index contributed by atoms with van der Waals surface area (Å²) in [7, 11) is 0. The van der Waals surface area contributed by atoms with Crippen molar-refractivity contribution in [3.8, 4) is 0 Å². The van der Waals surface area contributed by atoms with Gasteiger partial charge in [-0.1, -0.05) is 101 Å². The number of Topliss-reactive ketones (excluding diaryl/α,β-unsaturated/α-hetero) is 1. The number of thiazole rings is 1. The first-order valence-corrected chi connectivity index (χ1v) is 14.0. The van der Waals surface area contributed by atoms with E-state index in [2.05, 4.69) is 41.5 Å². The van der Waals surface area contributed by atoms with Gasteiger partial charge in [-0.2, -0.15) is 0 Å². The minimum atomic E-state index is -0.808. The number of aryl methyl sites for hydroxylation is 1. The summed E-state index contributed by atoms with van der Waals surface area (Å²) in [6.45, 7) is 14.6. The Morgan fingerprint density at radius 1 is 0.872 bits per heavy atom. The summed E-state index contributed by atoms with van der Waals surface area (Å²) in [5.41, 5.74) is 4.92. The van der Waals surface area contributed by atoms with Crippen molar-refractivity contribution in [2.24, 2.45) is 0 Å². The first-order chi connectivity index (χ1) is 18.3. The Hall–Kier alpha value is -3.77. The fourth-order valence-corrected chi connectivity index (χ4v) is 5.95. The average Bonchev–Trinajstić information content (AvgIpc) is 3.41. The van der Waals surface area contributed by atoms with Crippen molar-refractivity contribution >= 4 is 44.1 Å². The van der Waals surface area contributed by atoms with Crippen LogP contribution in [-0.4, -0.2) is 21.8 Å². The third-order valence-corrected chi connectivity index (χ3v) is 8.42. The fraction of sp³-hybridized carbons (Fsp3) is 0.303. The summed E-state index contributed by atoms with van der Waals surface area (Å²) < 4.78 is 0.921. The number of carbonyl (C=O) groups is 2. The van der Waals surface area contributed by atoms with Gasteiger partial charge in [0.05, 0.1) is 21.8 Å². The summed E-state index contributed by atoms with van der Waals surface area (Å²) >= 11 is 1.36. The monoisotopic (exact) mass is 538 g/mol. The molecule has 1 saturated heterocycles. The molecule has 0 radical (unpaired) electrons. The Balaban J connectivity index is 1.74. The molecule has 0 bridgehead atoms. The topological polar surface area (TPSA) is 70.5 Å². The van der Waals surface area contributed by atoms with E-state index in [4.69, 9.17) is 4.98 Å². The highest BCUT2D eigenvalue weighted by atomic mass is 32.1. The first-order valence-electron chi connectivity index (χ1n) is 13.2. The standard InChI is InChI=1S/C33H34N2O3S/c1-19-12-15-22(33(5,6)7)18-23(19)28(36)26-27(20-13-16-21(17-14-20)32(2,3)4)35(30(38)29(26)37)31-34-24-10-8-9-11-25(24)39-31/h8-18,27,36H,1-7H3/b28-26+. The number of aliphatic hydroxyl groups excluding tert-OH is 1. The summed E-state index contributed by atoms with van der Waals surface area (Å²) in [6.07, 6.45) is 0. The van der Waals surface area contributed by atoms with E-state index >= 15 is 0 Å². The number of aromatic nitrogens is 1. The molecule has 1 atom stereocenters. The van der Waals surface area contributed by atoms with E-state index in [1.807, 2.05) is 73.7 Å². The number of carbonyl (C=O) groups excluding carboxylic acids is 2. The van der Waals surface area contributed by atoms with Gasteiger partial charge in [-0.05, 0) is 58.2 Å². The number of aliphatic hydroxyl groups is 1. The van der Waals surface area contributed by atoms with Crippen LogP contribution >= 0.6 is 11.3 Å².